The van der Waals surface area contributed by atoms with Gasteiger partial charge in [0, 0.05) is 19.5 Å². The van der Waals surface area contributed by atoms with Crippen molar-refractivity contribution in [2.75, 3.05) is 26.7 Å². The van der Waals surface area contributed by atoms with Crippen LogP contribution in [0.5, 0.6) is 5.75 Å². The lowest BCUT2D eigenvalue weighted by Crippen LogP contribution is -2.49. The van der Waals surface area contributed by atoms with E-state index in [9.17, 15) is 23.1 Å². The molecule has 134 valence electrons. The lowest BCUT2D eigenvalue weighted by Gasteiger charge is -2.25. The van der Waals surface area contributed by atoms with E-state index in [0.717, 1.165) is 16.2 Å². The number of alkyl halides is 3. The summed E-state index contributed by atoms with van der Waals surface area (Å²) in [5.74, 6) is 0.750. The van der Waals surface area contributed by atoms with Crippen LogP contribution in [0.1, 0.15) is 18.4 Å². The van der Waals surface area contributed by atoms with Crippen LogP contribution in [0, 0.1) is 0 Å². The predicted molar refractivity (Wildman–Crippen MR) is 81.9 cm³/mol. The Morgan fingerprint density at radius 3 is 2.83 bits per heavy atom. The van der Waals surface area contributed by atoms with Gasteiger partial charge < -0.3 is 20.1 Å². The minimum Gasteiger partial charge on any atom is -0.497 e. The first kappa shape index (κ1) is 18.4. The fourth-order valence-electron chi connectivity index (χ4n) is 2.63. The van der Waals surface area contributed by atoms with E-state index in [0.29, 0.717) is 19.4 Å². The molecule has 1 aromatic rings. The van der Waals surface area contributed by atoms with Gasteiger partial charge in [0.2, 0.25) is 0 Å². The third-order valence-electron chi connectivity index (χ3n) is 4.12. The highest BCUT2D eigenvalue weighted by molar-refractivity contribution is 5.74. The number of rotatable bonds is 5. The van der Waals surface area contributed by atoms with Crippen LogP contribution in [0.4, 0.5) is 18.0 Å². The van der Waals surface area contributed by atoms with Crippen molar-refractivity contribution in [3.05, 3.63) is 29.8 Å². The SMILES string of the molecule is COc1cccc(CCCNC(=O)N2CC[C@@](O)(C(F)(F)F)C2)c1. The number of halogens is 3. The molecule has 0 bridgehead atoms. The zero-order valence-corrected chi connectivity index (χ0v) is 13.4. The number of amides is 2. The van der Waals surface area contributed by atoms with Crippen LogP contribution in [-0.2, 0) is 6.42 Å². The number of nitrogens with one attached hydrogen (secondary N) is 1. The van der Waals surface area contributed by atoms with E-state index in [1.807, 2.05) is 24.3 Å². The van der Waals surface area contributed by atoms with Gasteiger partial charge in [0.25, 0.3) is 0 Å². The Labute approximate surface area is 138 Å². The van der Waals surface area contributed by atoms with Crippen LogP contribution in [0.2, 0.25) is 0 Å². The van der Waals surface area contributed by atoms with E-state index >= 15 is 0 Å². The molecule has 24 heavy (non-hydrogen) atoms. The fourth-order valence-corrected chi connectivity index (χ4v) is 2.63. The van der Waals surface area contributed by atoms with Crippen molar-refractivity contribution < 1.29 is 27.8 Å². The number of benzene rings is 1. The normalized spacial score (nSPS) is 21.0. The summed E-state index contributed by atoms with van der Waals surface area (Å²) in [6, 6.07) is 6.95. The van der Waals surface area contributed by atoms with Gasteiger partial charge in [-0.15, -0.1) is 0 Å². The first-order valence-corrected chi connectivity index (χ1v) is 7.70. The van der Waals surface area contributed by atoms with Crippen LogP contribution in [0.3, 0.4) is 0 Å². The standard InChI is InChI=1S/C16H21F3N2O3/c1-24-13-6-2-4-12(10-13)5-3-8-20-14(22)21-9-7-15(23,11-21)16(17,18)19/h2,4,6,10,23H,3,5,7-9,11H2,1H3,(H,20,22)/t15-/m0/s1. The zero-order valence-electron chi connectivity index (χ0n) is 13.4. The first-order chi connectivity index (χ1) is 11.2. The Kier molecular flexibility index (Phi) is 5.58. The molecule has 1 saturated heterocycles. The Balaban J connectivity index is 1.74. The van der Waals surface area contributed by atoms with Crippen LogP contribution in [0.15, 0.2) is 24.3 Å². The molecule has 1 heterocycles. The average molecular weight is 346 g/mol. The quantitative estimate of drug-likeness (QED) is 0.805. The van der Waals surface area contributed by atoms with Gasteiger partial charge in [0.15, 0.2) is 5.60 Å². The number of β-amino-alcohol motifs (C(OH)–C–C–N with tert-alkyl or cyclic N) is 1. The van der Waals surface area contributed by atoms with Gasteiger partial charge in [-0.25, -0.2) is 4.79 Å². The average Bonchev–Trinajstić information content (AvgIpc) is 2.95. The number of aliphatic hydroxyl groups is 1. The molecule has 1 aliphatic rings. The maximum atomic E-state index is 12.7. The second kappa shape index (κ2) is 7.29. The molecule has 0 unspecified atom stereocenters. The van der Waals surface area contributed by atoms with E-state index in [-0.39, 0.29) is 6.54 Å². The summed E-state index contributed by atoms with van der Waals surface area (Å²) >= 11 is 0. The molecule has 8 heteroatoms. The predicted octanol–water partition coefficient (Wildman–Crippen LogP) is 2.34. The lowest BCUT2D eigenvalue weighted by molar-refractivity contribution is -0.253. The molecule has 1 aliphatic heterocycles. The van der Waals surface area contributed by atoms with Crippen LogP contribution in [-0.4, -0.2) is 54.6 Å². The summed E-state index contributed by atoms with van der Waals surface area (Å²) in [5.41, 5.74) is -1.75. The van der Waals surface area contributed by atoms with E-state index in [4.69, 9.17) is 4.74 Å². The Morgan fingerprint density at radius 2 is 2.21 bits per heavy atom. The summed E-state index contributed by atoms with van der Waals surface area (Å²) in [6.45, 7) is -0.493. The molecule has 0 aliphatic carbocycles. The number of hydrogen-bond acceptors (Lipinski definition) is 3. The van der Waals surface area contributed by atoms with Crippen molar-refractivity contribution in [3.63, 3.8) is 0 Å². The lowest BCUT2D eigenvalue weighted by atomic mass is 10.0. The highest BCUT2D eigenvalue weighted by Crippen LogP contribution is 2.37. The third kappa shape index (κ3) is 4.31. The van der Waals surface area contributed by atoms with Crippen molar-refractivity contribution in [2.24, 2.45) is 0 Å². The second-order valence-electron chi connectivity index (χ2n) is 5.89. The topological polar surface area (TPSA) is 61.8 Å². The van der Waals surface area contributed by atoms with E-state index in [1.54, 1.807) is 7.11 Å². The van der Waals surface area contributed by atoms with Crippen molar-refractivity contribution in [1.82, 2.24) is 10.2 Å². The number of aryl methyl sites for hydroxylation is 1. The van der Waals surface area contributed by atoms with Crippen molar-refractivity contribution in [2.45, 2.75) is 31.0 Å². The maximum absolute atomic E-state index is 12.7. The van der Waals surface area contributed by atoms with E-state index < -0.39 is 30.8 Å². The number of methoxy groups -OCH3 is 1. The molecule has 0 aromatic heterocycles. The number of carbonyl (C=O) groups is 1. The van der Waals surface area contributed by atoms with Crippen molar-refractivity contribution >= 4 is 6.03 Å². The van der Waals surface area contributed by atoms with Crippen molar-refractivity contribution in [3.8, 4) is 5.75 Å². The summed E-state index contributed by atoms with van der Waals surface area (Å²) < 4.78 is 43.3. The maximum Gasteiger partial charge on any atom is 0.419 e. The number of hydrogen-bond donors (Lipinski definition) is 2. The number of carbonyl (C=O) groups excluding carboxylic acids is 1. The molecular formula is C16H21F3N2O3. The molecule has 1 aromatic carbocycles. The van der Waals surface area contributed by atoms with Gasteiger partial charge in [-0.3, -0.25) is 0 Å². The Bertz CT molecular complexity index is 580. The van der Waals surface area contributed by atoms with Crippen LogP contribution in [0.25, 0.3) is 0 Å². The minimum absolute atomic E-state index is 0.113. The Morgan fingerprint density at radius 1 is 1.46 bits per heavy atom. The molecule has 1 fully saturated rings. The number of likely N-dealkylation sites (tertiary alicyclic amines) is 1. The van der Waals surface area contributed by atoms with Crippen LogP contribution >= 0.6 is 0 Å². The molecule has 0 saturated carbocycles. The molecule has 5 nitrogen and oxygen atoms in total. The summed E-state index contributed by atoms with van der Waals surface area (Å²) in [6.07, 6.45) is -3.86. The second-order valence-corrected chi connectivity index (χ2v) is 5.89. The monoisotopic (exact) mass is 346 g/mol. The molecule has 2 rings (SSSR count). The number of ether oxygens (including phenoxy) is 1. The van der Waals surface area contributed by atoms with E-state index in [1.165, 1.54) is 0 Å². The molecule has 1 atom stereocenters. The third-order valence-corrected chi connectivity index (χ3v) is 4.12. The fraction of sp³-hybridized carbons (Fsp3) is 0.562. The van der Waals surface area contributed by atoms with Gasteiger partial charge in [-0.1, -0.05) is 12.1 Å². The smallest absolute Gasteiger partial charge is 0.419 e. The van der Waals surface area contributed by atoms with E-state index in [2.05, 4.69) is 5.32 Å². The molecule has 0 spiro atoms. The summed E-state index contributed by atoms with van der Waals surface area (Å²) in [7, 11) is 1.58. The first-order valence-electron chi connectivity index (χ1n) is 7.70. The highest BCUT2D eigenvalue weighted by atomic mass is 19.4. The summed E-state index contributed by atoms with van der Waals surface area (Å²) in [4.78, 5) is 12.9. The Hall–Kier alpha value is -1.96. The van der Waals surface area contributed by atoms with Gasteiger partial charge in [0.1, 0.15) is 5.75 Å². The van der Waals surface area contributed by atoms with Crippen molar-refractivity contribution in [1.29, 1.82) is 0 Å². The molecular weight excluding hydrogens is 325 g/mol. The molecule has 2 amide bonds. The number of urea groups is 1. The summed E-state index contributed by atoms with van der Waals surface area (Å²) in [5, 5.41) is 12.1. The molecule has 2 N–H and O–H groups in total. The minimum atomic E-state index is -4.73. The van der Waals surface area contributed by atoms with Crippen LogP contribution < -0.4 is 10.1 Å². The van der Waals surface area contributed by atoms with Gasteiger partial charge >= 0.3 is 12.2 Å². The largest absolute Gasteiger partial charge is 0.497 e. The van der Waals surface area contributed by atoms with Gasteiger partial charge in [-0.05, 0) is 30.5 Å². The van der Waals surface area contributed by atoms with Gasteiger partial charge in [-0.2, -0.15) is 13.2 Å². The highest BCUT2D eigenvalue weighted by Gasteiger charge is 2.57. The zero-order chi connectivity index (χ0) is 17.8. The van der Waals surface area contributed by atoms with Gasteiger partial charge in [0.05, 0.1) is 13.7 Å². The molecule has 0 radical (unpaired) electrons. The number of nitrogens with zero attached hydrogens (tertiary/aromatic N) is 1.